The van der Waals surface area contributed by atoms with Crippen LogP contribution in [-0.2, 0) is 34.5 Å². The van der Waals surface area contributed by atoms with Gasteiger partial charge in [-0.2, -0.15) is 39.5 Å². The van der Waals surface area contributed by atoms with E-state index in [-0.39, 0.29) is 36.3 Å². The van der Waals surface area contributed by atoms with Gasteiger partial charge in [0.25, 0.3) is 0 Å². The first-order valence-electron chi connectivity index (χ1n) is 13.9. The normalized spacial score (nSPS) is 19.2. The highest BCUT2D eigenvalue weighted by atomic mass is 19.4. The quantitative estimate of drug-likeness (QED) is 0.302. The van der Waals surface area contributed by atoms with Crippen LogP contribution in [0.3, 0.4) is 0 Å². The van der Waals surface area contributed by atoms with Crippen molar-refractivity contribution in [2.45, 2.75) is 77.2 Å². The summed E-state index contributed by atoms with van der Waals surface area (Å²) in [4.78, 5) is 28.6. The van der Waals surface area contributed by atoms with Gasteiger partial charge < -0.3 is 9.47 Å². The molecule has 1 fully saturated rings. The van der Waals surface area contributed by atoms with E-state index in [0.29, 0.717) is 25.0 Å². The molecule has 0 radical (unpaired) electrons. The van der Waals surface area contributed by atoms with Crippen molar-refractivity contribution >= 4 is 17.9 Å². The highest BCUT2D eigenvalue weighted by Gasteiger charge is 2.48. The van der Waals surface area contributed by atoms with Gasteiger partial charge in [-0.25, -0.2) is 9.59 Å². The van der Waals surface area contributed by atoms with Crippen molar-refractivity contribution in [2.75, 3.05) is 18.6 Å². The largest absolute Gasteiger partial charge is 0.453 e. The fraction of sp³-hybridized carbons (Fsp3) is 0.533. The number of anilines is 1. The van der Waals surface area contributed by atoms with Gasteiger partial charge in [-0.1, -0.05) is 20.8 Å². The number of nitrogens with zero attached hydrogens (tertiary/aromatic N) is 2. The number of rotatable bonds is 5. The van der Waals surface area contributed by atoms with Crippen molar-refractivity contribution in [2.24, 2.45) is 11.3 Å². The monoisotopic (exact) mass is 654 g/mol. The molecule has 6 nitrogen and oxygen atoms in total. The Morgan fingerprint density at radius 2 is 1.40 bits per heavy atom. The summed E-state index contributed by atoms with van der Waals surface area (Å²) in [5, 5.41) is 0. The molecule has 45 heavy (non-hydrogen) atoms. The van der Waals surface area contributed by atoms with Crippen molar-refractivity contribution in [1.29, 1.82) is 0 Å². The predicted octanol–water partition coefficient (Wildman–Crippen LogP) is 9.22. The van der Waals surface area contributed by atoms with Crippen LogP contribution in [0.1, 0.15) is 73.9 Å². The van der Waals surface area contributed by atoms with Gasteiger partial charge in [0.2, 0.25) is 0 Å². The minimum atomic E-state index is -5.17. The first-order chi connectivity index (χ1) is 20.6. The average molecular weight is 655 g/mol. The molecule has 15 heteroatoms. The Morgan fingerprint density at radius 1 is 0.844 bits per heavy atom. The zero-order valence-corrected chi connectivity index (χ0v) is 24.7. The van der Waals surface area contributed by atoms with E-state index in [1.54, 1.807) is 20.8 Å². The van der Waals surface area contributed by atoms with Crippen molar-refractivity contribution in [3.8, 4) is 0 Å². The van der Waals surface area contributed by atoms with Crippen molar-refractivity contribution in [3.63, 3.8) is 0 Å². The fourth-order valence-electron chi connectivity index (χ4n) is 5.34. The molecule has 2 aromatic carbocycles. The maximum atomic E-state index is 13.9. The van der Waals surface area contributed by atoms with Crippen LogP contribution in [0.15, 0.2) is 36.4 Å². The SMILES string of the molecule is COC(=O)N(Cc1cc(C(F)(F)F)cc(C(F)(F)F)c1)C1CC(C2CC2)N(C(=O)OCC(C)(C)C)c2ccc(C(F)(F)F)cc21. The Kier molecular flexibility index (Phi) is 9.08. The molecule has 248 valence electrons. The number of amides is 2. The zero-order chi connectivity index (χ0) is 33.7. The Bertz CT molecular complexity index is 1390. The molecule has 0 saturated heterocycles. The Labute approximate surface area is 253 Å². The topological polar surface area (TPSA) is 59.1 Å². The highest BCUT2D eigenvalue weighted by Crippen LogP contribution is 2.50. The molecule has 2 aliphatic rings. The van der Waals surface area contributed by atoms with Crippen molar-refractivity contribution in [1.82, 2.24) is 4.90 Å². The number of hydrogen-bond donors (Lipinski definition) is 0. The van der Waals surface area contributed by atoms with Crippen molar-refractivity contribution in [3.05, 3.63) is 64.2 Å². The molecule has 1 saturated carbocycles. The number of methoxy groups -OCH3 is 1. The standard InChI is InChI=1S/C30H31F9N2O4/c1-27(2,3)15-45-26(43)41-22-8-7-18(28(31,32)33)12-21(22)24(13-23(41)17-5-6-17)40(25(42)44-4)14-16-9-19(29(34,35)36)11-20(10-16)30(37,38)39/h7-12,17,23-24H,5-6,13-15H2,1-4H3. The van der Waals surface area contributed by atoms with Gasteiger partial charge in [0.15, 0.2) is 0 Å². The second-order valence-electron chi connectivity index (χ2n) is 12.4. The molecule has 2 atom stereocenters. The van der Waals surface area contributed by atoms with Crippen molar-refractivity contribution < 1.29 is 58.6 Å². The maximum Gasteiger partial charge on any atom is 0.416 e. The summed E-state index contributed by atoms with van der Waals surface area (Å²) in [6, 6.07) is 1.31. The lowest BCUT2D eigenvalue weighted by molar-refractivity contribution is -0.143. The Morgan fingerprint density at radius 3 is 1.87 bits per heavy atom. The second kappa shape index (κ2) is 11.9. The molecule has 0 aromatic heterocycles. The average Bonchev–Trinajstić information content (AvgIpc) is 3.77. The number of fused-ring (bicyclic) bond motifs is 1. The third-order valence-corrected chi connectivity index (χ3v) is 7.55. The Hall–Kier alpha value is -3.65. The fourth-order valence-corrected chi connectivity index (χ4v) is 5.34. The molecule has 2 amide bonds. The van der Waals surface area contributed by atoms with Crippen LogP contribution < -0.4 is 4.90 Å². The molecule has 2 aromatic rings. The summed E-state index contributed by atoms with van der Waals surface area (Å²) in [6.07, 6.45) is -16.1. The van der Waals surface area contributed by atoms with Crippen LogP contribution in [0.2, 0.25) is 0 Å². The van der Waals surface area contributed by atoms with Crippen LogP contribution in [0.25, 0.3) is 0 Å². The van der Waals surface area contributed by atoms with E-state index in [4.69, 9.17) is 9.47 Å². The van der Waals surface area contributed by atoms with E-state index < -0.39 is 77.0 Å². The van der Waals surface area contributed by atoms with Gasteiger partial charge in [0.05, 0.1) is 42.1 Å². The summed E-state index contributed by atoms with van der Waals surface area (Å²) >= 11 is 0. The second-order valence-corrected chi connectivity index (χ2v) is 12.4. The zero-order valence-electron chi connectivity index (χ0n) is 24.7. The Balaban J connectivity index is 1.87. The summed E-state index contributed by atoms with van der Waals surface area (Å²) in [5.41, 5.74) is -5.62. The van der Waals surface area contributed by atoms with Gasteiger partial charge in [-0.05, 0) is 78.1 Å². The summed E-state index contributed by atoms with van der Waals surface area (Å²) in [7, 11) is 0.924. The number of hydrogen-bond acceptors (Lipinski definition) is 4. The number of benzene rings is 2. The lowest BCUT2D eigenvalue weighted by Gasteiger charge is -2.44. The molecule has 0 N–H and O–H groups in total. The van der Waals surface area contributed by atoms with Crippen LogP contribution in [-0.4, -0.2) is 36.8 Å². The van der Waals surface area contributed by atoms with Gasteiger partial charge in [-0.15, -0.1) is 0 Å². The molecular weight excluding hydrogens is 623 g/mol. The lowest BCUT2D eigenvalue weighted by atomic mass is 9.86. The molecule has 0 spiro atoms. The number of carbonyl (C=O) groups excluding carboxylic acids is 2. The molecule has 4 rings (SSSR count). The number of carbonyl (C=O) groups is 2. The number of ether oxygens (including phenoxy) is 2. The maximum absolute atomic E-state index is 13.9. The van der Waals surface area contributed by atoms with Crippen LogP contribution in [0.5, 0.6) is 0 Å². The minimum absolute atomic E-state index is 0.0233. The summed E-state index contributed by atoms with van der Waals surface area (Å²) in [5.74, 6) is -0.144. The highest BCUT2D eigenvalue weighted by molar-refractivity contribution is 5.91. The van der Waals surface area contributed by atoms with E-state index in [0.717, 1.165) is 30.2 Å². The number of alkyl halides is 9. The van der Waals surface area contributed by atoms with Crippen LogP contribution in [0.4, 0.5) is 54.8 Å². The van der Waals surface area contributed by atoms with Gasteiger partial charge in [-0.3, -0.25) is 9.80 Å². The molecule has 0 bridgehead atoms. The molecule has 1 heterocycles. The predicted molar refractivity (Wildman–Crippen MR) is 143 cm³/mol. The smallest absolute Gasteiger partial charge is 0.416 e. The third kappa shape index (κ3) is 7.96. The molecule has 1 aliphatic carbocycles. The minimum Gasteiger partial charge on any atom is -0.453 e. The van der Waals surface area contributed by atoms with E-state index in [2.05, 4.69) is 0 Å². The first kappa shape index (κ1) is 34.2. The molecular formula is C30H31F9N2O4. The third-order valence-electron chi connectivity index (χ3n) is 7.55. The summed E-state index contributed by atoms with van der Waals surface area (Å²) in [6.45, 7) is 4.53. The molecule has 1 aliphatic heterocycles. The number of halogens is 9. The van der Waals surface area contributed by atoms with E-state index in [9.17, 15) is 49.1 Å². The van der Waals surface area contributed by atoms with E-state index >= 15 is 0 Å². The van der Waals surface area contributed by atoms with Crippen LogP contribution in [0, 0.1) is 11.3 Å². The first-order valence-corrected chi connectivity index (χ1v) is 13.9. The van der Waals surface area contributed by atoms with Gasteiger partial charge in [0.1, 0.15) is 0 Å². The lowest BCUT2D eigenvalue weighted by Crippen LogP contribution is -2.50. The van der Waals surface area contributed by atoms with Crippen LogP contribution >= 0.6 is 0 Å². The van der Waals surface area contributed by atoms with E-state index in [1.165, 1.54) is 4.90 Å². The van der Waals surface area contributed by atoms with E-state index in [1.807, 2.05) is 0 Å². The molecule has 2 unspecified atom stereocenters. The van der Waals surface area contributed by atoms with Gasteiger partial charge >= 0.3 is 30.7 Å². The van der Waals surface area contributed by atoms with Gasteiger partial charge in [0, 0.05) is 12.6 Å². The summed E-state index contributed by atoms with van der Waals surface area (Å²) < 4.78 is 133.